The van der Waals surface area contributed by atoms with Crippen LogP contribution in [-0.4, -0.2) is 30.1 Å². The molecule has 6 heteroatoms. The summed E-state index contributed by atoms with van der Waals surface area (Å²) in [5, 5.41) is 11.4. The molecule has 0 bridgehead atoms. The number of carbonyl (C=O) groups is 2. The largest absolute Gasteiger partial charge is 0.493 e. The molecule has 0 aliphatic heterocycles. The zero-order valence-electron chi connectivity index (χ0n) is 12.2. The summed E-state index contributed by atoms with van der Waals surface area (Å²) in [5.74, 6) is -0.763. The highest BCUT2D eigenvalue weighted by Gasteiger charge is 2.13. The molecule has 2 aromatic rings. The standard InChI is InChI=1S/C16H17NO5/c1-11-5-2-3-6-13(11)21-8-4-7-17-15(18)14-9-12(10-22-14)16(19)20/h2-3,5-6,9-10H,4,7-8H2,1H3,(H,17,18)(H,19,20). The van der Waals surface area contributed by atoms with E-state index in [1.165, 1.54) is 6.07 Å². The van der Waals surface area contributed by atoms with Gasteiger partial charge < -0.3 is 19.6 Å². The average molecular weight is 303 g/mol. The lowest BCUT2D eigenvalue weighted by Gasteiger charge is -2.08. The quantitative estimate of drug-likeness (QED) is 0.767. The highest BCUT2D eigenvalue weighted by molar-refractivity contribution is 5.95. The number of hydrogen-bond donors (Lipinski definition) is 2. The van der Waals surface area contributed by atoms with Gasteiger partial charge in [-0.15, -0.1) is 0 Å². The molecule has 1 heterocycles. The van der Waals surface area contributed by atoms with Crippen LogP contribution in [0.4, 0.5) is 0 Å². The summed E-state index contributed by atoms with van der Waals surface area (Å²) in [5.41, 5.74) is 1.01. The van der Waals surface area contributed by atoms with Gasteiger partial charge in [0.15, 0.2) is 5.76 Å². The lowest BCUT2D eigenvalue weighted by molar-refractivity contribution is 0.0695. The summed E-state index contributed by atoms with van der Waals surface area (Å²) in [6, 6.07) is 8.90. The third kappa shape index (κ3) is 4.12. The van der Waals surface area contributed by atoms with Crippen LogP contribution >= 0.6 is 0 Å². The van der Waals surface area contributed by atoms with Crippen LogP contribution in [0.15, 0.2) is 41.0 Å². The second-order valence-electron chi connectivity index (χ2n) is 4.73. The van der Waals surface area contributed by atoms with Crippen LogP contribution in [0, 0.1) is 6.92 Å². The number of carboxylic acids is 1. The Morgan fingerprint density at radius 3 is 2.77 bits per heavy atom. The maximum absolute atomic E-state index is 11.7. The third-order valence-corrected chi connectivity index (χ3v) is 3.03. The molecular formula is C16H17NO5. The van der Waals surface area contributed by atoms with E-state index in [9.17, 15) is 9.59 Å². The number of carboxylic acid groups (broad SMARTS) is 1. The SMILES string of the molecule is Cc1ccccc1OCCCNC(=O)c1cc(C(=O)O)co1. The monoisotopic (exact) mass is 303 g/mol. The molecule has 1 aromatic carbocycles. The fraction of sp³-hybridized carbons (Fsp3) is 0.250. The van der Waals surface area contributed by atoms with E-state index in [1.807, 2.05) is 31.2 Å². The van der Waals surface area contributed by atoms with Crippen molar-refractivity contribution in [3.05, 3.63) is 53.5 Å². The molecule has 0 aliphatic carbocycles. The number of rotatable bonds is 7. The lowest BCUT2D eigenvalue weighted by atomic mass is 10.2. The minimum absolute atomic E-state index is 0.0165. The number of amides is 1. The Hall–Kier alpha value is -2.76. The van der Waals surface area contributed by atoms with Gasteiger partial charge in [-0.05, 0) is 25.0 Å². The first-order valence-corrected chi connectivity index (χ1v) is 6.86. The Kier molecular flexibility index (Phi) is 5.19. The average Bonchev–Trinajstić information content (AvgIpc) is 2.98. The van der Waals surface area contributed by atoms with E-state index in [1.54, 1.807) is 0 Å². The Morgan fingerprint density at radius 1 is 1.32 bits per heavy atom. The molecule has 0 unspecified atom stereocenters. The lowest BCUT2D eigenvalue weighted by Crippen LogP contribution is -2.25. The predicted molar refractivity (Wildman–Crippen MR) is 79.3 cm³/mol. The summed E-state index contributed by atoms with van der Waals surface area (Å²) in [6.07, 6.45) is 1.67. The topological polar surface area (TPSA) is 88.8 Å². The van der Waals surface area contributed by atoms with Crippen LogP contribution in [0.5, 0.6) is 5.75 Å². The molecular weight excluding hydrogens is 286 g/mol. The number of furan rings is 1. The van der Waals surface area contributed by atoms with Crippen molar-refractivity contribution in [3.63, 3.8) is 0 Å². The van der Waals surface area contributed by atoms with Gasteiger partial charge in [0.1, 0.15) is 12.0 Å². The zero-order chi connectivity index (χ0) is 15.9. The van der Waals surface area contributed by atoms with E-state index in [0.717, 1.165) is 17.6 Å². The van der Waals surface area contributed by atoms with Crippen molar-refractivity contribution in [1.82, 2.24) is 5.32 Å². The molecule has 1 amide bonds. The number of carbonyl (C=O) groups excluding carboxylic acids is 1. The van der Waals surface area contributed by atoms with Crippen LogP contribution in [-0.2, 0) is 0 Å². The van der Waals surface area contributed by atoms with E-state index >= 15 is 0 Å². The Labute approximate surface area is 127 Å². The molecule has 0 atom stereocenters. The van der Waals surface area contributed by atoms with Gasteiger partial charge in [0, 0.05) is 12.6 Å². The van der Waals surface area contributed by atoms with Crippen molar-refractivity contribution >= 4 is 11.9 Å². The molecule has 6 nitrogen and oxygen atoms in total. The van der Waals surface area contributed by atoms with Gasteiger partial charge in [0.2, 0.25) is 0 Å². The van der Waals surface area contributed by atoms with Gasteiger partial charge in [0.05, 0.1) is 12.2 Å². The van der Waals surface area contributed by atoms with Crippen LogP contribution in [0.2, 0.25) is 0 Å². The molecule has 0 saturated heterocycles. The van der Waals surface area contributed by atoms with Gasteiger partial charge in [-0.25, -0.2) is 4.79 Å². The molecule has 22 heavy (non-hydrogen) atoms. The molecule has 0 spiro atoms. The normalized spacial score (nSPS) is 10.2. The van der Waals surface area contributed by atoms with E-state index in [4.69, 9.17) is 14.3 Å². The molecule has 2 rings (SSSR count). The number of benzene rings is 1. The Morgan fingerprint density at radius 2 is 2.09 bits per heavy atom. The van der Waals surface area contributed by atoms with Crippen molar-refractivity contribution < 1.29 is 23.8 Å². The minimum Gasteiger partial charge on any atom is -0.493 e. The second-order valence-corrected chi connectivity index (χ2v) is 4.73. The maximum atomic E-state index is 11.7. The number of aromatic carboxylic acids is 1. The first-order valence-electron chi connectivity index (χ1n) is 6.86. The molecule has 0 aliphatic rings. The smallest absolute Gasteiger partial charge is 0.338 e. The molecule has 116 valence electrons. The number of aryl methyl sites for hydroxylation is 1. The van der Waals surface area contributed by atoms with Crippen molar-refractivity contribution in [1.29, 1.82) is 0 Å². The summed E-state index contributed by atoms with van der Waals surface area (Å²) >= 11 is 0. The fourth-order valence-corrected chi connectivity index (χ4v) is 1.83. The first-order chi connectivity index (χ1) is 10.6. The second kappa shape index (κ2) is 7.31. The molecule has 1 aromatic heterocycles. The van der Waals surface area contributed by atoms with E-state index in [-0.39, 0.29) is 11.3 Å². The van der Waals surface area contributed by atoms with Crippen LogP contribution < -0.4 is 10.1 Å². The Balaban J connectivity index is 1.71. The molecule has 0 radical (unpaired) electrons. The first kappa shape index (κ1) is 15.6. The minimum atomic E-state index is -1.13. The van der Waals surface area contributed by atoms with Gasteiger partial charge in [-0.2, -0.15) is 0 Å². The summed E-state index contributed by atoms with van der Waals surface area (Å²) in [6.45, 7) is 2.85. The van der Waals surface area contributed by atoms with Crippen molar-refractivity contribution in [3.8, 4) is 5.75 Å². The highest BCUT2D eigenvalue weighted by Crippen LogP contribution is 2.16. The van der Waals surface area contributed by atoms with E-state index in [0.29, 0.717) is 19.6 Å². The predicted octanol–water partition coefficient (Wildman–Crippen LogP) is 2.49. The highest BCUT2D eigenvalue weighted by atomic mass is 16.5. The van der Waals surface area contributed by atoms with E-state index in [2.05, 4.69) is 5.32 Å². The fourth-order valence-electron chi connectivity index (χ4n) is 1.83. The maximum Gasteiger partial charge on any atom is 0.338 e. The molecule has 0 fully saturated rings. The number of nitrogens with one attached hydrogen (secondary N) is 1. The number of hydrogen-bond acceptors (Lipinski definition) is 4. The van der Waals surface area contributed by atoms with Crippen LogP contribution in [0.3, 0.4) is 0 Å². The van der Waals surface area contributed by atoms with Crippen LogP contribution in [0.25, 0.3) is 0 Å². The van der Waals surface area contributed by atoms with Gasteiger partial charge in [0.25, 0.3) is 5.91 Å². The molecule has 2 N–H and O–H groups in total. The number of ether oxygens (including phenoxy) is 1. The van der Waals surface area contributed by atoms with Gasteiger partial charge in [-0.3, -0.25) is 4.79 Å². The zero-order valence-corrected chi connectivity index (χ0v) is 12.2. The summed E-state index contributed by atoms with van der Waals surface area (Å²) in [7, 11) is 0. The Bertz CT molecular complexity index is 662. The van der Waals surface area contributed by atoms with Crippen molar-refractivity contribution in [2.45, 2.75) is 13.3 Å². The number of para-hydroxylation sites is 1. The molecule has 0 saturated carbocycles. The van der Waals surface area contributed by atoms with Crippen molar-refractivity contribution in [2.24, 2.45) is 0 Å². The summed E-state index contributed by atoms with van der Waals surface area (Å²) < 4.78 is 10.5. The van der Waals surface area contributed by atoms with Gasteiger partial charge in [-0.1, -0.05) is 18.2 Å². The van der Waals surface area contributed by atoms with Crippen LogP contribution in [0.1, 0.15) is 32.9 Å². The van der Waals surface area contributed by atoms with Crippen molar-refractivity contribution in [2.75, 3.05) is 13.2 Å². The van der Waals surface area contributed by atoms with Gasteiger partial charge >= 0.3 is 5.97 Å². The third-order valence-electron chi connectivity index (χ3n) is 3.03. The van der Waals surface area contributed by atoms with E-state index < -0.39 is 11.9 Å². The summed E-state index contributed by atoms with van der Waals surface area (Å²) in [4.78, 5) is 22.4.